The Labute approximate surface area is 127 Å². The van der Waals surface area contributed by atoms with Gasteiger partial charge in [0, 0.05) is 31.6 Å². The van der Waals surface area contributed by atoms with Gasteiger partial charge in [0.15, 0.2) is 0 Å². The number of aryl methyl sites for hydroxylation is 1. The van der Waals surface area contributed by atoms with Crippen LogP contribution in [0.3, 0.4) is 0 Å². The Balaban J connectivity index is 2.40. The van der Waals surface area contributed by atoms with E-state index >= 15 is 0 Å². The summed E-state index contributed by atoms with van der Waals surface area (Å²) in [7, 11) is 0. The normalized spacial score (nSPS) is 10.5. The lowest BCUT2D eigenvalue weighted by molar-refractivity contribution is -0.125. The molecule has 1 aromatic rings. The van der Waals surface area contributed by atoms with Crippen molar-refractivity contribution in [1.82, 2.24) is 15.3 Å². The van der Waals surface area contributed by atoms with Gasteiger partial charge in [0.05, 0.1) is 0 Å². The lowest BCUT2D eigenvalue weighted by atomic mass is 10.0. The van der Waals surface area contributed by atoms with E-state index in [4.69, 9.17) is 0 Å². The van der Waals surface area contributed by atoms with Gasteiger partial charge in [0.1, 0.15) is 17.5 Å². The van der Waals surface area contributed by atoms with Crippen LogP contribution in [0.25, 0.3) is 0 Å². The number of hydrogen-bond acceptors (Lipinski definition) is 5. The number of nitrogens with zero attached hydrogens (tertiary/aromatic N) is 2. The zero-order valence-corrected chi connectivity index (χ0v) is 13.5. The molecule has 0 aliphatic rings. The maximum atomic E-state index is 11.8. The van der Waals surface area contributed by atoms with E-state index in [0.717, 1.165) is 36.8 Å². The molecule has 0 fully saturated rings. The highest BCUT2D eigenvalue weighted by molar-refractivity contribution is 5.78. The van der Waals surface area contributed by atoms with Crippen molar-refractivity contribution in [2.45, 2.75) is 40.5 Å². The molecule has 1 amide bonds. The quantitative estimate of drug-likeness (QED) is 0.608. The highest BCUT2D eigenvalue weighted by Gasteiger charge is 2.12. The third-order valence-corrected chi connectivity index (χ3v) is 3.28. The average molecular weight is 293 g/mol. The molecule has 1 aromatic heterocycles. The molecule has 0 atom stereocenters. The van der Waals surface area contributed by atoms with Gasteiger partial charge in [-0.3, -0.25) is 4.79 Å². The second kappa shape index (κ2) is 9.15. The average Bonchev–Trinajstić information content (AvgIpc) is 2.45. The van der Waals surface area contributed by atoms with E-state index in [2.05, 4.69) is 25.9 Å². The van der Waals surface area contributed by atoms with Gasteiger partial charge in [-0.1, -0.05) is 13.8 Å². The van der Waals surface area contributed by atoms with Gasteiger partial charge < -0.3 is 16.0 Å². The number of carbonyl (C=O) groups excluding carboxylic acids is 1. The van der Waals surface area contributed by atoms with E-state index in [1.54, 1.807) is 0 Å². The Hall–Kier alpha value is -1.85. The number of anilines is 2. The summed E-state index contributed by atoms with van der Waals surface area (Å²) in [4.78, 5) is 20.5. The van der Waals surface area contributed by atoms with Crippen LogP contribution >= 0.6 is 0 Å². The Morgan fingerprint density at radius 3 is 2.29 bits per heavy atom. The largest absolute Gasteiger partial charge is 0.370 e. The molecule has 3 N–H and O–H groups in total. The summed E-state index contributed by atoms with van der Waals surface area (Å²) in [5.74, 6) is 2.56. The van der Waals surface area contributed by atoms with Crippen molar-refractivity contribution in [1.29, 1.82) is 0 Å². The van der Waals surface area contributed by atoms with Crippen LogP contribution in [0, 0.1) is 12.8 Å². The van der Waals surface area contributed by atoms with Crippen LogP contribution in [0.15, 0.2) is 6.07 Å². The van der Waals surface area contributed by atoms with Crippen molar-refractivity contribution >= 4 is 17.5 Å². The van der Waals surface area contributed by atoms with Gasteiger partial charge >= 0.3 is 0 Å². The summed E-state index contributed by atoms with van der Waals surface area (Å²) < 4.78 is 0. The van der Waals surface area contributed by atoms with Crippen molar-refractivity contribution in [3.05, 3.63) is 11.9 Å². The van der Waals surface area contributed by atoms with Gasteiger partial charge in [0.2, 0.25) is 5.91 Å². The van der Waals surface area contributed by atoms with Crippen LogP contribution in [0.5, 0.6) is 0 Å². The van der Waals surface area contributed by atoms with Crippen molar-refractivity contribution in [3.63, 3.8) is 0 Å². The summed E-state index contributed by atoms with van der Waals surface area (Å²) in [5.41, 5.74) is 0. The molecule has 0 saturated carbocycles. The molecule has 1 rings (SSSR count). The third-order valence-electron chi connectivity index (χ3n) is 3.28. The first kappa shape index (κ1) is 17.2. The first-order valence-electron chi connectivity index (χ1n) is 7.71. The number of aromatic nitrogens is 2. The third kappa shape index (κ3) is 5.97. The second-order valence-electron chi connectivity index (χ2n) is 4.95. The van der Waals surface area contributed by atoms with Crippen molar-refractivity contribution in [3.8, 4) is 0 Å². The van der Waals surface area contributed by atoms with Crippen LogP contribution in [0.4, 0.5) is 11.6 Å². The fourth-order valence-corrected chi connectivity index (χ4v) is 2.11. The smallest absolute Gasteiger partial charge is 0.223 e. The van der Waals surface area contributed by atoms with Crippen LogP contribution in [0.2, 0.25) is 0 Å². The molecule has 0 unspecified atom stereocenters. The Kier molecular flexibility index (Phi) is 7.50. The number of amides is 1. The predicted octanol–water partition coefficient (Wildman–Crippen LogP) is 2.18. The molecule has 0 bridgehead atoms. The van der Waals surface area contributed by atoms with Crippen molar-refractivity contribution in [2.24, 2.45) is 5.92 Å². The van der Waals surface area contributed by atoms with Crippen molar-refractivity contribution in [2.75, 3.05) is 30.3 Å². The van der Waals surface area contributed by atoms with Crippen molar-refractivity contribution < 1.29 is 4.79 Å². The molecule has 0 spiro atoms. The lowest BCUT2D eigenvalue weighted by Gasteiger charge is -2.13. The molecule has 1 heterocycles. The van der Waals surface area contributed by atoms with Gasteiger partial charge in [-0.15, -0.1) is 0 Å². The van der Waals surface area contributed by atoms with E-state index in [-0.39, 0.29) is 11.8 Å². The monoisotopic (exact) mass is 293 g/mol. The van der Waals surface area contributed by atoms with E-state index in [9.17, 15) is 4.79 Å². The molecule has 118 valence electrons. The van der Waals surface area contributed by atoms with E-state index in [1.165, 1.54) is 0 Å². The number of nitrogens with one attached hydrogen (secondary N) is 3. The van der Waals surface area contributed by atoms with Crippen LogP contribution in [0.1, 0.15) is 39.4 Å². The van der Waals surface area contributed by atoms with Gasteiger partial charge in [-0.25, -0.2) is 9.97 Å². The zero-order chi connectivity index (χ0) is 15.7. The van der Waals surface area contributed by atoms with Gasteiger partial charge in [0.25, 0.3) is 0 Å². The fourth-order valence-electron chi connectivity index (χ4n) is 2.11. The van der Waals surface area contributed by atoms with E-state index in [0.29, 0.717) is 13.1 Å². The highest BCUT2D eigenvalue weighted by Crippen LogP contribution is 2.10. The maximum Gasteiger partial charge on any atom is 0.223 e. The molecule has 0 radical (unpaired) electrons. The Morgan fingerprint density at radius 2 is 1.71 bits per heavy atom. The molecule has 0 aromatic carbocycles. The molecule has 6 heteroatoms. The minimum Gasteiger partial charge on any atom is -0.370 e. The molecular formula is C15H27N5O. The van der Waals surface area contributed by atoms with Crippen LogP contribution in [-0.4, -0.2) is 35.5 Å². The molecule has 6 nitrogen and oxygen atoms in total. The lowest BCUT2D eigenvalue weighted by Crippen LogP contribution is -2.33. The number of hydrogen-bond donors (Lipinski definition) is 3. The standard InChI is InChI=1S/C15H27N5O/c1-5-12(6-2)15(21)18-9-8-17-14-10-13(16-7-3)19-11(4)20-14/h10,12H,5-9H2,1-4H3,(H,18,21)(H2,16,17,19,20). The van der Waals surface area contributed by atoms with Crippen LogP contribution in [-0.2, 0) is 4.79 Å². The van der Waals surface area contributed by atoms with Crippen LogP contribution < -0.4 is 16.0 Å². The Bertz CT molecular complexity index is 446. The first-order chi connectivity index (χ1) is 10.1. The minimum absolute atomic E-state index is 0.117. The SMILES string of the molecule is CCNc1cc(NCCNC(=O)C(CC)CC)nc(C)n1. The highest BCUT2D eigenvalue weighted by atomic mass is 16.1. The summed E-state index contributed by atoms with van der Waals surface area (Å²) in [6.45, 7) is 10.0. The fraction of sp³-hybridized carbons (Fsp3) is 0.667. The predicted molar refractivity (Wildman–Crippen MR) is 86.5 cm³/mol. The van der Waals surface area contributed by atoms with Gasteiger partial charge in [-0.2, -0.15) is 0 Å². The summed E-state index contributed by atoms with van der Waals surface area (Å²) in [5, 5.41) is 9.32. The molecular weight excluding hydrogens is 266 g/mol. The summed E-state index contributed by atoms with van der Waals surface area (Å²) >= 11 is 0. The number of carbonyl (C=O) groups is 1. The van der Waals surface area contributed by atoms with E-state index in [1.807, 2.05) is 33.8 Å². The molecule has 0 aliphatic carbocycles. The second-order valence-corrected chi connectivity index (χ2v) is 4.95. The summed E-state index contributed by atoms with van der Waals surface area (Å²) in [6, 6.07) is 1.87. The van der Waals surface area contributed by atoms with E-state index < -0.39 is 0 Å². The minimum atomic E-state index is 0.117. The van der Waals surface area contributed by atoms with Gasteiger partial charge in [-0.05, 0) is 26.7 Å². The molecule has 0 aliphatic heterocycles. The summed E-state index contributed by atoms with van der Waals surface area (Å²) in [6.07, 6.45) is 1.76. The molecule has 0 saturated heterocycles. The molecule has 21 heavy (non-hydrogen) atoms. The maximum absolute atomic E-state index is 11.8. The Morgan fingerprint density at radius 1 is 1.10 bits per heavy atom. The topological polar surface area (TPSA) is 78.9 Å². The zero-order valence-electron chi connectivity index (χ0n) is 13.5. The first-order valence-corrected chi connectivity index (χ1v) is 7.71. The number of rotatable bonds is 9.